The van der Waals surface area contributed by atoms with Gasteiger partial charge in [-0.3, -0.25) is 0 Å². The number of hydrogen-bond acceptors (Lipinski definition) is 5. The van der Waals surface area contributed by atoms with Crippen LogP contribution in [0.15, 0.2) is 36.4 Å². The summed E-state index contributed by atoms with van der Waals surface area (Å²) in [6.07, 6.45) is 0. The molecule has 0 spiro atoms. The minimum absolute atomic E-state index is 0.0185. The van der Waals surface area contributed by atoms with Crippen LogP contribution in [0.3, 0.4) is 0 Å². The Morgan fingerprint density at radius 2 is 1.54 bits per heavy atom. The summed E-state index contributed by atoms with van der Waals surface area (Å²) in [5.74, 6) is 2.77. The zero-order valence-electron chi connectivity index (χ0n) is 17.0. The van der Waals surface area contributed by atoms with Gasteiger partial charge >= 0.3 is 0 Å². The Hall–Kier alpha value is -2.67. The normalized spacial score (nSPS) is 11.3. The Labute approximate surface area is 172 Å². The fraction of sp³-hybridized carbons (Fsp3) is 0.381. The minimum Gasteiger partial charge on any atom is -0.493 e. The van der Waals surface area contributed by atoms with Gasteiger partial charge in [0.15, 0.2) is 28.1 Å². The molecule has 7 heteroatoms. The van der Waals surface area contributed by atoms with Gasteiger partial charge in [0, 0.05) is 11.8 Å². The molecule has 6 nitrogen and oxygen atoms in total. The van der Waals surface area contributed by atoms with Crippen LogP contribution >= 0.6 is 12.2 Å². The number of nitrogens with one attached hydrogen (secondary N) is 2. The van der Waals surface area contributed by atoms with E-state index >= 15 is 0 Å². The van der Waals surface area contributed by atoms with E-state index in [-0.39, 0.29) is 6.04 Å². The summed E-state index contributed by atoms with van der Waals surface area (Å²) in [6, 6.07) is 11.4. The molecule has 28 heavy (non-hydrogen) atoms. The van der Waals surface area contributed by atoms with E-state index in [1.165, 1.54) is 0 Å². The lowest BCUT2D eigenvalue weighted by molar-refractivity contribution is 0.287. The van der Waals surface area contributed by atoms with Crippen molar-refractivity contribution < 1.29 is 18.9 Å². The molecule has 0 radical (unpaired) electrons. The van der Waals surface area contributed by atoms with Crippen LogP contribution < -0.4 is 29.6 Å². The zero-order valence-corrected chi connectivity index (χ0v) is 17.8. The minimum atomic E-state index is -0.0185. The quantitative estimate of drug-likeness (QED) is 0.595. The van der Waals surface area contributed by atoms with Crippen LogP contribution in [0.2, 0.25) is 0 Å². The van der Waals surface area contributed by atoms with Crippen LogP contribution in [-0.2, 0) is 0 Å². The summed E-state index contributed by atoms with van der Waals surface area (Å²) in [5.41, 5.74) is 1.85. The van der Waals surface area contributed by atoms with Crippen LogP contribution in [0.25, 0.3) is 0 Å². The second-order valence-corrected chi connectivity index (χ2v) is 6.37. The summed E-state index contributed by atoms with van der Waals surface area (Å²) >= 11 is 5.45. The van der Waals surface area contributed by atoms with Crippen LogP contribution in [0.5, 0.6) is 23.0 Å². The Morgan fingerprint density at radius 1 is 0.893 bits per heavy atom. The molecule has 0 amide bonds. The van der Waals surface area contributed by atoms with Crippen LogP contribution in [0, 0.1) is 0 Å². The lowest BCUT2D eigenvalue weighted by atomic mass is 10.1. The fourth-order valence-corrected chi connectivity index (χ4v) is 2.99. The van der Waals surface area contributed by atoms with Crippen molar-refractivity contribution in [3.05, 3.63) is 42.0 Å². The first-order valence-corrected chi connectivity index (χ1v) is 9.62. The highest BCUT2D eigenvalue weighted by atomic mass is 32.1. The molecule has 0 bridgehead atoms. The first kappa shape index (κ1) is 21.6. The molecular weight excluding hydrogens is 376 g/mol. The molecule has 2 rings (SSSR count). The molecule has 0 saturated heterocycles. The summed E-state index contributed by atoms with van der Waals surface area (Å²) in [4.78, 5) is 0. The van der Waals surface area contributed by atoms with Gasteiger partial charge in [0.2, 0.25) is 0 Å². The Morgan fingerprint density at radius 3 is 2.18 bits per heavy atom. The van der Waals surface area contributed by atoms with Crippen LogP contribution in [0.4, 0.5) is 5.69 Å². The van der Waals surface area contributed by atoms with Crippen LogP contribution in [0.1, 0.15) is 32.4 Å². The molecular formula is C21H28N2O4S. The van der Waals surface area contributed by atoms with Gasteiger partial charge in [-0.1, -0.05) is 6.07 Å². The largest absolute Gasteiger partial charge is 0.493 e. The number of rotatable bonds is 9. The molecule has 152 valence electrons. The van der Waals surface area contributed by atoms with Crippen LogP contribution in [-0.4, -0.2) is 32.5 Å². The van der Waals surface area contributed by atoms with E-state index in [2.05, 4.69) is 10.6 Å². The Balaban J connectivity index is 2.06. The topological polar surface area (TPSA) is 61.0 Å². The van der Waals surface area contributed by atoms with Gasteiger partial charge in [0.1, 0.15) is 0 Å². The lowest BCUT2D eigenvalue weighted by Crippen LogP contribution is -2.30. The second-order valence-electron chi connectivity index (χ2n) is 5.96. The maximum atomic E-state index is 5.70. The zero-order chi connectivity index (χ0) is 20.5. The molecule has 0 unspecified atom stereocenters. The molecule has 1 atom stereocenters. The number of hydrogen-bond donors (Lipinski definition) is 2. The van der Waals surface area contributed by atoms with Crippen molar-refractivity contribution in [1.29, 1.82) is 0 Å². The van der Waals surface area contributed by atoms with Crippen molar-refractivity contribution in [3.8, 4) is 23.0 Å². The predicted octanol–water partition coefficient (Wildman–Crippen LogP) is 4.55. The SMILES string of the molecule is CCOc1ccc([C@@H](C)NC(=S)Nc2ccc(OC)c(OC)c2)cc1OCC. The first-order valence-electron chi connectivity index (χ1n) is 9.21. The van der Waals surface area contributed by atoms with Gasteiger partial charge in [-0.25, -0.2) is 0 Å². The molecule has 0 aliphatic rings. The number of thiocarbonyl (C=S) groups is 1. The van der Waals surface area contributed by atoms with E-state index in [1.54, 1.807) is 14.2 Å². The molecule has 0 saturated carbocycles. The van der Waals surface area contributed by atoms with E-state index in [4.69, 9.17) is 31.2 Å². The average molecular weight is 405 g/mol. The van der Waals surface area contributed by atoms with Crippen molar-refractivity contribution in [2.75, 3.05) is 32.8 Å². The molecule has 0 aromatic heterocycles. The molecule has 0 fully saturated rings. The lowest BCUT2D eigenvalue weighted by Gasteiger charge is -2.20. The maximum Gasteiger partial charge on any atom is 0.171 e. The molecule has 2 aromatic rings. The third kappa shape index (κ3) is 5.66. The van der Waals surface area contributed by atoms with Crippen molar-refractivity contribution in [2.24, 2.45) is 0 Å². The van der Waals surface area contributed by atoms with Gasteiger partial charge in [-0.05, 0) is 62.8 Å². The average Bonchev–Trinajstić information content (AvgIpc) is 2.69. The molecule has 0 aliphatic heterocycles. The monoisotopic (exact) mass is 404 g/mol. The summed E-state index contributed by atoms with van der Waals surface area (Å²) in [5, 5.41) is 6.96. The smallest absolute Gasteiger partial charge is 0.171 e. The summed E-state index contributed by atoms with van der Waals surface area (Å²) in [7, 11) is 3.20. The van der Waals surface area contributed by atoms with E-state index in [1.807, 2.05) is 57.2 Å². The standard InChI is InChI=1S/C21H28N2O4S/c1-6-26-18-10-8-15(12-20(18)27-7-2)14(3)22-21(28)23-16-9-11-17(24-4)19(13-16)25-5/h8-14H,6-7H2,1-5H3,(H2,22,23,28)/t14-/m1/s1. The fourth-order valence-electron chi connectivity index (χ4n) is 2.70. The van der Waals surface area contributed by atoms with E-state index in [9.17, 15) is 0 Å². The number of ether oxygens (including phenoxy) is 4. The van der Waals surface area contributed by atoms with Gasteiger partial charge in [-0.2, -0.15) is 0 Å². The van der Waals surface area contributed by atoms with E-state index < -0.39 is 0 Å². The van der Waals surface area contributed by atoms with E-state index in [0.29, 0.717) is 29.8 Å². The highest BCUT2D eigenvalue weighted by Gasteiger charge is 2.13. The summed E-state index contributed by atoms with van der Waals surface area (Å²) < 4.78 is 21.9. The molecule has 0 heterocycles. The maximum absolute atomic E-state index is 5.70. The highest BCUT2D eigenvalue weighted by Crippen LogP contribution is 2.31. The van der Waals surface area contributed by atoms with Gasteiger partial charge in [-0.15, -0.1) is 0 Å². The Kier molecular flexibility index (Phi) is 8.19. The Bertz CT molecular complexity index is 798. The van der Waals surface area contributed by atoms with E-state index in [0.717, 1.165) is 22.7 Å². The predicted molar refractivity (Wildman–Crippen MR) is 116 cm³/mol. The number of methoxy groups -OCH3 is 2. The van der Waals surface area contributed by atoms with Crippen molar-refractivity contribution in [1.82, 2.24) is 5.32 Å². The van der Waals surface area contributed by atoms with Crippen molar-refractivity contribution in [3.63, 3.8) is 0 Å². The van der Waals surface area contributed by atoms with Gasteiger partial charge < -0.3 is 29.6 Å². The number of benzene rings is 2. The molecule has 2 N–H and O–H groups in total. The third-order valence-corrected chi connectivity index (χ3v) is 4.28. The third-order valence-electron chi connectivity index (χ3n) is 4.06. The molecule has 0 aliphatic carbocycles. The first-order chi connectivity index (χ1) is 13.5. The number of anilines is 1. The highest BCUT2D eigenvalue weighted by molar-refractivity contribution is 7.80. The van der Waals surface area contributed by atoms with Crippen molar-refractivity contribution >= 4 is 23.0 Å². The van der Waals surface area contributed by atoms with Crippen molar-refractivity contribution in [2.45, 2.75) is 26.8 Å². The summed E-state index contributed by atoms with van der Waals surface area (Å²) in [6.45, 7) is 7.10. The van der Waals surface area contributed by atoms with Gasteiger partial charge in [0.25, 0.3) is 0 Å². The molecule has 2 aromatic carbocycles. The van der Waals surface area contributed by atoms with Gasteiger partial charge in [0.05, 0.1) is 33.5 Å². The second kappa shape index (κ2) is 10.6.